The second-order valence-electron chi connectivity index (χ2n) is 14.9. The number of fused-ring (bicyclic) bond motifs is 16. The van der Waals surface area contributed by atoms with E-state index >= 15 is 0 Å². The third-order valence-corrected chi connectivity index (χ3v) is 13.2. The van der Waals surface area contributed by atoms with E-state index < -0.39 is 0 Å². The van der Waals surface area contributed by atoms with Crippen LogP contribution in [0.25, 0.3) is 103 Å². The van der Waals surface area contributed by atoms with Crippen LogP contribution in [0.2, 0.25) is 0 Å². The number of thiophene rings is 1. The first-order valence-electron chi connectivity index (χ1n) is 19.0. The Hall–Kier alpha value is -6.62. The van der Waals surface area contributed by atoms with Gasteiger partial charge in [0.05, 0.1) is 26.9 Å². The van der Waals surface area contributed by atoms with Crippen LogP contribution >= 0.6 is 11.3 Å². The predicted molar refractivity (Wildman–Crippen MR) is 233 cm³/mol. The first kappa shape index (κ1) is 30.8. The summed E-state index contributed by atoms with van der Waals surface area (Å²) >= 11 is 1.78. The van der Waals surface area contributed by atoms with Gasteiger partial charge in [0.1, 0.15) is 0 Å². The molecule has 4 heteroatoms. The summed E-state index contributed by atoms with van der Waals surface area (Å²) in [4.78, 5) is 11.3. The third-order valence-electron chi connectivity index (χ3n) is 12.0. The summed E-state index contributed by atoms with van der Waals surface area (Å²) < 4.78 is 4.73. The van der Waals surface area contributed by atoms with Gasteiger partial charge in [-0.2, -0.15) is 0 Å². The molecule has 1 aliphatic carbocycles. The van der Waals surface area contributed by atoms with Crippen LogP contribution in [0.4, 0.5) is 0 Å². The topological polar surface area (TPSA) is 30.7 Å². The Bertz CT molecular complexity index is 3420. The largest absolute Gasteiger partial charge is 0.277 e. The molecule has 11 aromatic rings. The van der Waals surface area contributed by atoms with Crippen LogP contribution in [0.5, 0.6) is 0 Å². The Kier molecular flexibility index (Phi) is 6.41. The van der Waals surface area contributed by atoms with Gasteiger partial charge in [-0.1, -0.05) is 146 Å². The van der Waals surface area contributed by atoms with Crippen LogP contribution in [-0.2, 0) is 0 Å². The molecular formula is C51H33N3S. The zero-order valence-corrected chi connectivity index (χ0v) is 31.2. The number of nitrogens with zero attached hydrogens (tertiary/aromatic N) is 3. The van der Waals surface area contributed by atoms with E-state index in [1.165, 1.54) is 76.0 Å². The fourth-order valence-corrected chi connectivity index (χ4v) is 10.6. The lowest BCUT2D eigenvalue weighted by molar-refractivity contribution is 0.924. The van der Waals surface area contributed by atoms with Crippen LogP contribution in [0.3, 0.4) is 0 Å². The summed E-state index contributed by atoms with van der Waals surface area (Å²) in [7, 11) is 0. The molecule has 0 aliphatic heterocycles. The van der Waals surface area contributed by atoms with Gasteiger partial charge in [-0.05, 0) is 74.7 Å². The number of rotatable bonds is 2. The molecule has 12 rings (SSSR count). The first-order valence-corrected chi connectivity index (χ1v) is 19.8. The molecule has 1 atom stereocenters. The van der Waals surface area contributed by atoms with Gasteiger partial charge >= 0.3 is 0 Å². The number of hydrogen-bond acceptors (Lipinski definition) is 3. The maximum Gasteiger partial charge on any atom is 0.235 e. The van der Waals surface area contributed by atoms with E-state index in [0.29, 0.717) is 5.95 Å². The van der Waals surface area contributed by atoms with Crippen molar-refractivity contribution >= 4 is 75.0 Å². The number of aromatic nitrogens is 3. The summed E-state index contributed by atoms with van der Waals surface area (Å²) in [6, 6.07) is 57.7. The van der Waals surface area contributed by atoms with Crippen molar-refractivity contribution in [1.82, 2.24) is 14.5 Å². The van der Waals surface area contributed by atoms with Gasteiger partial charge in [0, 0.05) is 43.3 Å². The van der Waals surface area contributed by atoms with Gasteiger partial charge in [-0.15, -0.1) is 11.3 Å². The van der Waals surface area contributed by atoms with Crippen molar-refractivity contribution in [2.45, 2.75) is 19.8 Å². The molecule has 8 aromatic carbocycles. The first-order chi connectivity index (χ1) is 27.1. The molecule has 0 radical (unpaired) electrons. The smallest absolute Gasteiger partial charge is 0.235 e. The monoisotopic (exact) mass is 719 g/mol. The molecule has 3 heterocycles. The highest BCUT2D eigenvalue weighted by Crippen LogP contribution is 2.50. The molecule has 0 amide bonds. The summed E-state index contributed by atoms with van der Waals surface area (Å²) in [6.07, 6.45) is 0. The van der Waals surface area contributed by atoms with E-state index in [-0.39, 0.29) is 5.92 Å². The molecule has 0 fully saturated rings. The van der Waals surface area contributed by atoms with Crippen molar-refractivity contribution in [3.05, 3.63) is 174 Å². The lowest BCUT2D eigenvalue weighted by atomic mass is 9.77. The lowest BCUT2D eigenvalue weighted by Gasteiger charge is -2.27. The van der Waals surface area contributed by atoms with Crippen molar-refractivity contribution in [1.29, 1.82) is 0 Å². The Balaban J connectivity index is 1.30. The van der Waals surface area contributed by atoms with Gasteiger partial charge in [0.15, 0.2) is 0 Å². The minimum Gasteiger partial charge on any atom is -0.277 e. The maximum atomic E-state index is 5.68. The van der Waals surface area contributed by atoms with Crippen molar-refractivity contribution in [3.63, 3.8) is 0 Å². The normalized spacial score (nSPS) is 13.8. The molecule has 55 heavy (non-hydrogen) atoms. The summed E-state index contributed by atoms with van der Waals surface area (Å²) in [6.45, 7) is 4.67. The van der Waals surface area contributed by atoms with Crippen LogP contribution in [0, 0.1) is 6.92 Å². The average Bonchev–Trinajstić information content (AvgIpc) is 3.78. The van der Waals surface area contributed by atoms with Gasteiger partial charge in [-0.3, -0.25) is 4.57 Å². The Labute approximate surface area is 321 Å². The molecule has 0 saturated carbocycles. The van der Waals surface area contributed by atoms with Gasteiger partial charge in [0.2, 0.25) is 5.95 Å². The zero-order valence-electron chi connectivity index (χ0n) is 30.3. The third kappa shape index (κ3) is 4.31. The average molecular weight is 720 g/mol. The van der Waals surface area contributed by atoms with Crippen LogP contribution < -0.4 is 0 Å². The van der Waals surface area contributed by atoms with Crippen LogP contribution in [0.1, 0.15) is 29.5 Å². The van der Waals surface area contributed by atoms with E-state index in [9.17, 15) is 0 Å². The van der Waals surface area contributed by atoms with Gasteiger partial charge in [0.25, 0.3) is 0 Å². The van der Waals surface area contributed by atoms with E-state index in [0.717, 1.165) is 37.9 Å². The van der Waals surface area contributed by atoms with E-state index in [4.69, 9.17) is 9.97 Å². The molecule has 0 N–H and O–H groups in total. The summed E-state index contributed by atoms with van der Waals surface area (Å²) in [5, 5.41) is 8.36. The molecule has 0 spiro atoms. The molecule has 1 aliphatic rings. The molecule has 0 saturated heterocycles. The van der Waals surface area contributed by atoms with Crippen molar-refractivity contribution in [2.24, 2.45) is 0 Å². The van der Waals surface area contributed by atoms with Crippen molar-refractivity contribution in [3.8, 4) is 39.5 Å². The minimum atomic E-state index is 0.211. The molecule has 258 valence electrons. The zero-order chi connectivity index (χ0) is 36.4. The van der Waals surface area contributed by atoms with Crippen LogP contribution in [-0.4, -0.2) is 14.5 Å². The lowest BCUT2D eigenvalue weighted by Crippen LogP contribution is -2.08. The molecule has 3 nitrogen and oxygen atoms in total. The molecule has 2 bridgehead atoms. The second kappa shape index (κ2) is 11.4. The van der Waals surface area contributed by atoms with Gasteiger partial charge in [-0.25, -0.2) is 9.97 Å². The van der Waals surface area contributed by atoms with E-state index in [2.05, 4.69) is 176 Å². The van der Waals surface area contributed by atoms with Crippen LogP contribution in [0.15, 0.2) is 158 Å². The summed E-state index contributed by atoms with van der Waals surface area (Å²) in [5.41, 5.74) is 14.4. The SMILES string of the molecule is Cc1c2cc3c4ccc5ccccc5c4n(-c4nc(-c5ccc6ccccc6c5)c5sc6ccccc6c5n4)c3c1-c1ccccc1C(C)c1ccccc1-2. The molecule has 1 unspecified atom stereocenters. The van der Waals surface area contributed by atoms with Crippen molar-refractivity contribution in [2.75, 3.05) is 0 Å². The molecule has 3 aromatic heterocycles. The minimum absolute atomic E-state index is 0.211. The van der Waals surface area contributed by atoms with E-state index in [1.807, 2.05) is 0 Å². The quantitative estimate of drug-likeness (QED) is 0.178. The number of benzene rings is 8. The molecular weight excluding hydrogens is 687 g/mol. The predicted octanol–water partition coefficient (Wildman–Crippen LogP) is 14.0. The standard InChI is InChI=1S/C51H33N3S/c1-29-35-16-7-9-19-38(35)42-28-43-40-26-25-32-14-5-6-18-37(32)48(40)54(49(43)45(30(42)2)39-20-10-8-17-36(29)39)51-52-46(34-24-23-31-13-3-4-15-33(31)27-34)50-47(53-51)41-21-11-12-22-44(41)55-50/h3-29H,1-2H3. The number of hydrogen-bond donors (Lipinski definition) is 0. The Morgan fingerprint density at radius 3 is 2.05 bits per heavy atom. The Morgan fingerprint density at radius 2 is 1.20 bits per heavy atom. The Morgan fingerprint density at radius 1 is 0.527 bits per heavy atom. The van der Waals surface area contributed by atoms with Crippen molar-refractivity contribution < 1.29 is 0 Å². The fourth-order valence-electron chi connectivity index (χ4n) is 9.44. The second-order valence-corrected chi connectivity index (χ2v) is 16.0. The fraction of sp³-hybridized carbons (Fsp3) is 0.0588. The highest BCUT2D eigenvalue weighted by atomic mass is 32.1. The van der Waals surface area contributed by atoms with Gasteiger partial charge < -0.3 is 0 Å². The summed E-state index contributed by atoms with van der Waals surface area (Å²) in [5.74, 6) is 0.898. The maximum absolute atomic E-state index is 5.68. The highest BCUT2D eigenvalue weighted by Gasteiger charge is 2.29. The van der Waals surface area contributed by atoms with E-state index in [1.54, 1.807) is 11.3 Å². The highest BCUT2D eigenvalue weighted by molar-refractivity contribution is 7.26.